The number of thiophene rings is 1. The van der Waals surface area contributed by atoms with E-state index in [-0.39, 0.29) is 23.4 Å². The Bertz CT molecular complexity index is 881. The van der Waals surface area contributed by atoms with Gasteiger partial charge in [0.15, 0.2) is 4.34 Å². The van der Waals surface area contributed by atoms with Crippen LogP contribution in [0.1, 0.15) is 15.2 Å². The Morgan fingerprint density at radius 2 is 1.96 bits per heavy atom. The van der Waals surface area contributed by atoms with Crippen molar-refractivity contribution < 1.29 is 14.0 Å². The van der Waals surface area contributed by atoms with Gasteiger partial charge < -0.3 is 5.32 Å². The topological polar surface area (TPSA) is 84.0 Å². The number of nitrogens with one attached hydrogen (secondary N) is 2. The molecule has 2 N–H and O–H groups in total. The van der Waals surface area contributed by atoms with Gasteiger partial charge in [0.05, 0.1) is 10.6 Å². The van der Waals surface area contributed by atoms with Crippen LogP contribution in [0.5, 0.6) is 0 Å². The SMILES string of the molecule is O=C(CSc1nnc(NC(=O)c2cccs2)s1)NCc1ccc(F)cc1. The lowest BCUT2D eigenvalue weighted by Gasteiger charge is -2.04. The fourth-order valence-electron chi connectivity index (χ4n) is 1.87. The van der Waals surface area contributed by atoms with Gasteiger partial charge in [-0.05, 0) is 29.1 Å². The number of aromatic nitrogens is 2. The van der Waals surface area contributed by atoms with E-state index >= 15 is 0 Å². The van der Waals surface area contributed by atoms with E-state index in [4.69, 9.17) is 0 Å². The molecule has 0 saturated carbocycles. The van der Waals surface area contributed by atoms with Crippen molar-refractivity contribution in [2.24, 2.45) is 0 Å². The van der Waals surface area contributed by atoms with Crippen molar-refractivity contribution in [3.05, 3.63) is 58.0 Å². The molecular formula is C16H13FN4O2S3. The maximum absolute atomic E-state index is 12.8. The van der Waals surface area contributed by atoms with E-state index in [2.05, 4.69) is 20.8 Å². The minimum Gasteiger partial charge on any atom is -0.351 e. The first kappa shape index (κ1) is 18.5. The van der Waals surface area contributed by atoms with Crippen LogP contribution in [-0.4, -0.2) is 27.8 Å². The highest BCUT2D eigenvalue weighted by Crippen LogP contribution is 2.26. The standard InChI is InChI=1S/C16H13FN4O2S3/c17-11-5-3-10(4-6-11)8-18-13(22)9-25-16-21-20-15(26-16)19-14(23)12-2-1-7-24-12/h1-7H,8-9H2,(H,18,22)(H,19,20,23). The second-order valence-corrected chi connectivity index (χ2v) is 8.14. The van der Waals surface area contributed by atoms with Crippen molar-refractivity contribution in [3.8, 4) is 0 Å². The summed E-state index contributed by atoms with van der Waals surface area (Å²) in [4.78, 5) is 24.4. The van der Waals surface area contributed by atoms with Gasteiger partial charge in [0.1, 0.15) is 5.82 Å². The van der Waals surface area contributed by atoms with E-state index in [0.29, 0.717) is 20.9 Å². The van der Waals surface area contributed by atoms with E-state index in [1.54, 1.807) is 24.3 Å². The van der Waals surface area contributed by atoms with Crippen LogP contribution in [0.2, 0.25) is 0 Å². The van der Waals surface area contributed by atoms with Crippen molar-refractivity contribution in [1.82, 2.24) is 15.5 Å². The van der Waals surface area contributed by atoms with Gasteiger partial charge in [-0.1, -0.05) is 41.3 Å². The molecule has 0 aliphatic rings. The summed E-state index contributed by atoms with van der Waals surface area (Å²) >= 11 is 3.79. The zero-order valence-corrected chi connectivity index (χ0v) is 15.7. The number of benzene rings is 1. The Balaban J connectivity index is 1.43. The number of hydrogen-bond donors (Lipinski definition) is 2. The molecule has 0 fully saturated rings. The van der Waals surface area contributed by atoms with Crippen LogP contribution < -0.4 is 10.6 Å². The van der Waals surface area contributed by atoms with Crippen molar-refractivity contribution in [3.63, 3.8) is 0 Å². The molecule has 0 atom stereocenters. The summed E-state index contributed by atoms with van der Waals surface area (Å²) in [6.45, 7) is 0.331. The third-order valence-electron chi connectivity index (χ3n) is 3.10. The van der Waals surface area contributed by atoms with Gasteiger partial charge in [-0.15, -0.1) is 21.5 Å². The molecule has 0 aliphatic heterocycles. The van der Waals surface area contributed by atoms with Crippen LogP contribution in [0.15, 0.2) is 46.1 Å². The van der Waals surface area contributed by atoms with Crippen molar-refractivity contribution in [2.75, 3.05) is 11.1 Å². The molecule has 0 radical (unpaired) electrons. The Morgan fingerprint density at radius 3 is 2.69 bits per heavy atom. The van der Waals surface area contributed by atoms with E-state index in [9.17, 15) is 14.0 Å². The minimum absolute atomic E-state index is 0.168. The fourth-order valence-corrected chi connectivity index (χ4v) is 4.06. The maximum atomic E-state index is 12.8. The maximum Gasteiger partial charge on any atom is 0.267 e. The van der Waals surface area contributed by atoms with E-state index < -0.39 is 0 Å². The Hall–Kier alpha value is -2.30. The number of anilines is 1. The normalized spacial score (nSPS) is 10.5. The van der Waals surface area contributed by atoms with Crippen molar-refractivity contribution in [1.29, 1.82) is 0 Å². The third kappa shape index (κ3) is 5.35. The summed E-state index contributed by atoms with van der Waals surface area (Å²) in [6, 6.07) is 9.47. The van der Waals surface area contributed by atoms with E-state index in [1.807, 2.05) is 5.38 Å². The summed E-state index contributed by atoms with van der Waals surface area (Å²) in [6.07, 6.45) is 0. The molecule has 3 aromatic rings. The molecule has 0 bridgehead atoms. The predicted octanol–water partition coefficient (Wildman–Crippen LogP) is 3.40. The lowest BCUT2D eigenvalue weighted by molar-refractivity contribution is -0.118. The van der Waals surface area contributed by atoms with E-state index in [1.165, 1.54) is 46.6 Å². The van der Waals surface area contributed by atoms with Crippen molar-refractivity contribution in [2.45, 2.75) is 10.9 Å². The van der Waals surface area contributed by atoms with Crippen LogP contribution in [0.25, 0.3) is 0 Å². The number of rotatable bonds is 7. The summed E-state index contributed by atoms with van der Waals surface area (Å²) < 4.78 is 13.4. The average Bonchev–Trinajstić information content (AvgIpc) is 3.31. The summed E-state index contributed by atoms with van der Waals surface area (Å²) in [5.41, 5.74) is 0.819. The number of nitrogens with zero attached hydrogens (tertiary/aromatic N) is 2. The first-order chi connectivity index (χ1) is 12.6. The molecule has 2 amide bonds. The summed E-state index contributed by atoms with van der Waals surface area (Å²) in [5.74, 6) is -0.536. The molecule has 10 heteroatoms. The number of carbonyl (C=O) groups is 2. The number of thioether (sulfide) groups is 1. The highest BCUT2D eigenvalue weighted by Gasteiger charge is 2.12. The number of amides is 2. The third-order valence-corrected chi connectivity index (χ3v) is 5.94. The van der Waals surface area contributed by atoms with Crippen LogP contribution in [0.4, 0.5) is 9.52 Å². The first-order valence-electron chi connectivity index (χ1n) is 7.42. The zero-order valence-electron chi connectivity index (χ0n) is 13.3. The molecular weight excluding hydrogens is 395 g/mol. The average molecular weight is 409 g/mol. The van der Waals surface area contributed by atoms with Gasteiger partial charge >= 0.3 is 0 Å². The van der Waals surface area contributed by atoms with Gasteiger partial charge in [0.2, 0.25) is 11.0 Å². The number of halogens is 1. The second kappa shape index (κ2) is 8.88. The Labute approximate surface area is 160 Å². The smallest absolute Gasteiger partial charge is 0.267 e. The molecule has 2 heterocycles. The van der Waals surface area contributed by atoms with Crippen LogP contribution in [-0.2, 0) is 11.3 Å². The molecule has 0 spiro atoms. The largest absolute Gasteiger partial charge is 0.351 e. The van der Waals surface area contributed by atoms with Crippen molar-refractivity contribution >= 4 is 51.4 Å². The first-order valence-corrected chi connectivity index (χ1v) is 10.1. The highest BCUT2D eigenvalue weighted by molar-refractivity contribution is 8.01. The molecule has 1 aromatic carbocycles. The van der Waals surface area contributed by atoms with Gasteiger partial charge in [-0.3, -0.25) is 14.9 Å². The molecule has 2 aromatic heterocycles. The Morgan fingerprint density at radius 1 is 1.15 bits per heavy atom. The fraction of sp³-hybridized carbons (Fsp3) is 0.125. The predicted molar refractivity (Wildman–Crippen MR) is 101 cm³/mol. The molecule has 3 rings (SSSR count). The van der Waals surface area contributed by atoms with Gasteiger partial charge in [0.25, 0.3) is 5.91 Å². The molecule has 0 aliphatic carbocycles. The molecule has 134 valence electrons. The lowest BCUT2D eigenvalue weighted by atomic mass is 10.2. The monoisotopic (exact) mass is 408 g/mol. The summed E-state index contributed by atoms with van der Waals surface area (Å²) in [5, 5.41) is 15.5. The molecule has 0 saturated heterocycles. The quantitative estimate of drug-likeness (QED) is 0.462. The molecule has 26 heavy (non-hydrogen) atoms. The summed E-state index contributed by atoms with van der Waals surface area (Å²) in [7, 11) is 0. The van der Waals surface area contributed by atoms with Gasteiger partial charge in [0, 0.05) is 6.54 Å². The Kier molecular flexibility index (Phi) is 6.31. The second-order valence-electron chi connectivity index (χ2n) is 5.00. The van der Waals surface area contributed by atoms with Gasteiger partial charge in [-0.2, -0.15) is 0 Å². The molecule has 6 nitrogen and oxygen atoms in total. The zero-order chi connectivity index (χ0) is 18.4. The van der Waals surface area contributed by atoms with E-state index in [0.717, 1.165) is 5.56 Å². The highest BCUT2D eigenvalue weighted by atomic mass is 32.2. The lowest BCUT2D eigenvalue weighted by Crippen LogP contribution is -2.24. The van der Waals surface area contributed by atoms with Crippen LogP contribution in [0.3, 0.4) is 0 Å². The minimum atomic E-state index is -0.311. The van der Waals surface area contributed by atoms with Crippen LogP contribution >= 0.6 is 34.4 Å². The number of hydrogen-bond acceptors (Lipinski definition) is 7. The number of carbonyl (C=O) groups excluding carboxylic acids is 2. The van der Waals surface area contributed by atoms with Gasteiger partial charge in [-0.25, -0.2) is 4.39 Å². The van der Waals surface area contributed by atoms with Crippen LogP contribution in [0, 0.1) is 5.82 Å². The molecule has 0 unspecified atom stereocenters.